The fraction of sp³-hybridized carbons (Fsp3) is 0.333. The molecular formula is C24H26FN3OS. The molecule has 0 bridgehead atoms. The second kappa shape index (κ2) is 8.96. The molecule has 1 aromatic heterocycles. The van der Waals surface area contributed by atoms with E-state index in [2.05, 4.69) is 15.2 Å². The number of benzene rings is 2. The number of halogens is 1. The molecule has 6 heteroatoms. The molecule has 1 aliphatic rings. The zero-order valence-electron chi connectivity index (χ0n) is 17.1. The Morgan fingerprint density at radius 3 is 2.60 bits per heavy atom. The second-order valence-electron chi connectivity index (χ2n) is 8.07. The summed E-state index contributed by atoms with van der Waals surface area (Å²) in [5.74, 6) is -0.284. The maximum atomic E-state index is 13.2. The number of nitrogens with one attached hydrogen (secondary N) is 2. The van der Waals surface area contributed by atoms with Crippen LogP contribution < -0.4 is 10.9 Å². The number of anilines is 1. The van der Waals surface area contributed by atoms with Gasteiger partial charge in [-0.1, -0.05) is 31.4 Å². The van der Waals surface area contributed by atoms with E-state index in [1.54, 1.807) is 12.1 Å². The van der Waals surface area contributed by atoms with E-state index in [9.17, 15) is 9.18 Å². The molecule has 1 aliphatic carbocycles. The zero-order valence-corrected chi connectivity index (χ0v) is 17.9. The lowest BCUT2D eigenvalue weighted by Crippen LogP contribution is -2.44. The van der Waals surface area contributed by atoms with Crippen LogP contribution in [0.5, 0.6) is 0 Å². The van der Waals surface area contributed by atoms with Gasteiger partial charge in [0.1, 0.15) is 5.82 Å². The summed E-state index contributed by atoms with van der Waals surface area (Å²) >= 11 is 5.74. The average molecular weight is 424 g/mol. The van der Waals surface area contributed by atoms with E-state index < -0.39 is 0 Å². The summed E-state index contributed by atoms with van der Waals surface area (Å²) in [6.45, 7) is 2.45. The SMILES string of the molecule is Cc1ccc2cc(CN(C(=S)Nc3ccc(F)cc3)C3CCCCC3)c(=O)[nH]c2c1. The number of aryl methyl sites for hydroxylation is 1. The first-order valence-corrected chi connectivity index (χ1v) is 10.9. The molecule has 0 unspecified atom stereocenters. The van der Waals surface area contributed by atoms with Crippen LogP contribution in [-0.2, 0) is 6.54 Å². The molecular weight excluding hydrogens is 397 g/mol. The number of fused-ring (bicyclic) bond motifs is 1. The van der Waals surface area contributed by atoms with Crippen LogP contribution in [-0.4, -0.2) is 21.0 Å². The lowest BCUT2D eigenvalue weighted by atomic mass is 9.94. The summed E-state index contributed by atoms with van der Waals surface area (Å²) in [5, 5.41) is 4.81. The third kappa shape index (κ3) is 4.70. The lowest BCUT2D eigenvalue weighted by molar-refractivity contribution is 0.240. The molecule has 0 radical (unpaired) electrons. The number of hydrogen-bond donors (Lipinski definition) is 2. The Labute approximate surface area is 181 Å². The van der Waals surface area contributed by atoms with Gasteiger partial charge in [-0.2, -0.15) is 0 Å². The Balaban J connectivity index is 1.62. The highest BCUT2D eigenvalue weighted by Gasteiger charge is 2.24. The summed E-state index contributed by atoms with van der Waals surface area (Å²) in [6.07, 6.45) is 5.66. The molecule has 2 N–H and O–H groups in total. The van der Waals surface area contributed by atoms with Gasteiger partial charge < -0.3 is 15.2 Å². The summed E-state index contributed by atoms with van der Waals surface area (Å²) in [5.41, 5.74) is 3.31. The number of aromatic amines is 1. The molecule has 156 valence electrons. The quantitative estimate of drug-likeness (QED) is 0.544. The average Bonchev–Trinajstić information content (AvgIpc) is 2.74. The van der Waals surface area contributed by atoms with Crippen LogP contribution in [0.25, 0.3) is 10.9 Å². The number of thiocarbonyl (C=S) groups is 1. The molecule has 1 saturated carbocycles. The van der Waals surface area contributed by atoms with Gasteiger partial charge in [-0.15, -0.1) is 0 Å². The molecule has 3 aromatic rings. The highest BCUT2D eigenvalue weighted by Crippen LogP contribution is 2.25. The van der Waals surface area contributed by atoms with E-state index in [0.29, 0.717) is 17.2 Å². The van der Waals surface area contributed by atoms with E-state index in [-0.39, 0.29) is 17.4 Å². The Kier molecular flexibility index (Phi) is 6.13. The van der Waals surface area contributed by atoms with Gasteiger partial charge in [0, 0.05) is 22.8 Å². The van der Waals surface area contributed by atoms with Crippen molar-refractivity contribution < 1.29 is 4.39 Å². The highest BCUT2D eigenvalue weighted by molar-refractivity contribution is 7.80. The fourth-order valence-corrected chi connectivity index (χ4v) is 4.48. The molecule has 0 atom stereocenters. The predicted octanol–water partition coefficient (Wildman–Crippen LogP) is 5.51. The van der Waals surface area contributed by atoms with E-state index in [4.69, 9.17) is 12.2 Å². The minimum Gasteiger partial charge on any atom is -0.342 e. The number of nitrogens with zero attached hydrogens (tertiary/aromatic N) is 1. The highest BCUT2D eigenvalue weighted by atomic mass is 32.1. The van der Waals surface area contributed by atoms with Gasteiger partial charge in [0.15, 0.2) is 5.11 Å². The van der Waals surface area contributed by atoms with Crippen molar-refractivity contribution in [2.24, 2.45) is 0 Å². The molecule has 1 heterocycles. The van der Waals surface area contributed by atoms with Crippen LogP contribution in [0.2, 0.25) is 0 Å². The maximum absolute atomic E-state index is 13.2. The van der Waals surface area contributed by atoms with Crippen LogP contribution in [0.15, 0.2) is 53.3 Å². The molecule has 2 aromatic carbocycles. The standard InChI is InChI=1S/C24H26FN3OS/c1-16-7-8-17-14-18(23(29)27-22(17)13-16)15-28(21-5-3-2-4-6-21)24(30)26-20-11-9-19(25)10-12-20/h7-14,21H,2-6,15H2,1H3,(H,26,30)(H,27,29). The second-order valence-corrected chi connectivity index (χ2v) is 8.46. The van der Waals surface area contributed by atoms with Crippen LogP contribution in [0.3, 0.4) is 0 Å². The first-order valence-electron chi connectivity index (χ1n) is 10.5. The topological polar surface area (TPSA) is 48.1 Å². The summed E-state index contributed by atoms with van der Waals surface area (Å²) in [7, 11) is 0. The zero-order chi connectivity index (χ0) is 21.1. The van der Waals surface area contributed by atoms with Gasteiger partial charge >= 0.3 is 0 Å². The molecule has 0 amide bonds. The van der Waals surface area contributed by atoms with Crippen LogP contribution in [0.1, 0.15) is 43.2 Å². The van der Waals surface area contributed by atoms with Gasteiger partial charge in [0.2, 0.25) is 0 Å². The molecule has 1 fully saturated rings. The van der Waals surface area contributed by atoms with Crippen molar-refractivity contribution in [3.63, 3.8) is 0 Å². The van der Waals surface area contributed by atoms with Crippen molar-refractivity contribution in [1.82, 2.24) is 9.88 Å². The normalized spacial score (nSPS) is 14.6. The van der Waals surface area contributed by atoms with Gasteiger partial charge in [-0.3, -0.25) is 4.79 Å². The molecule has 4 nitrogen and oxygen atoms in total. The Morgan fingerprint density at radius 1 is 1.13 bits per heavy atom. The first kappa shape index (κ1) is 20.5. The summed E-state index contributed by atoms with van der Waals surface area (Å²) in [6, 6.07) is 14.5. The van der Waals surface area contributed by atoms with Gasteiger partial charge in [-0.05, 0) is 79.3 Å². The predicted molar refractivity (Wildman–Crippen MR) is 124 cm³/mol. The monoisotopic (exact) mass is 423 g/mol. The van der Waals surface area contributed by atoms with E-state index >= 15 is 0 Å². The summed E-state index contributed by atoms with van der Waals surface area (Å²) < 4.78 is 13.2. The number of aromatic nitrogens is 1. The fourth-order valence-electron chi connectivity index (χ4n) is 4.15. The third-order valence-corrected chi connectivity index (χ3v) is 6.13. The number of rotatable bonds is 4. The number of hydrogen-bond acceptors (Lipinski definition) is 2. The Bertz CT molecular complexity index is 1100. The van der Waals surface area contributed by atoms with E-state index in [1.807, 2.05) is 31.2 Å². The van der Waals surface area contributed by atoms with Crippen molar-refractivity contribution in [2.75, 3.05) is 5.32 Å². The number of pyridine rings is 1. The van der Waals surface area contributed by atoms with Crippen molar-refractivity contribution in [3.8, 4) is 0 Å². The minimum atomic E-state index is -0.284. The molecule has 4 rings (SSSR count). The minimum absolute atomic E-state index is 0.0847. The molecule has 0 aliphatic heterocycles. The van der Waals surface area contributed by atoms with E-state index in [1.165, 1.54) is 18.6 Å². The van der Waals surface area contributed by atoms with Crippen molar-refractivity contribution in [2.45, 2.75) is 51.6 Å². The lowest BCUT2D eigenvalue weighted by Gasteiger charge is -2.36. The van der Waals surface area contributed by atoms with Gasteiger partial charge in [0.05, 0.1) is 6.54 Å². The van der Waals surface area contributed by atoms with Gasteiger partial charge in [-0.25, -0.2) is 4.39 Å². The first-order chi connectivity index (χ1) is 14.5. The molecule has 30 heavy (non-hydrogen) atoms. The van der Waals surface area contributed by atoms with Crippen molar-refractivity contribution in [1.29, 1.82) is 0 Å². The largest absolute Gasteiger partial charge is 0.342 e. The van der Waals surface area contributed by atoms with Gasteiger partial charge in [0.25, 0.3) is 5.56 Å². The molecule has 0 spiro atoms. The van der Waals surface area contributed by atoms with Crippen molar-refractivity contribution >= 4 is 33.9 Å². The van der Waals surface area contributed by atoms with Crippen LogP contribution in [0.4, 0.5) is 10.1 Å². The smallest absolute Gasteiger partial charge is 0.253 e. The Morgan fingerprint density at radius 2 is 1.87 bits per heavy atom. The molecule has 0 saturated heterocycles. The Hall–Kier alpha value is -2.73. The summed E-state index contributed by atoms with van der Waals surface area (Å²) in [4.78, 5) is 17.9. The number of H-pyrrole nitrogens is 1. The van der Waals surface area contributed by atoms with Crippen molar-refractivity contribution in [3.05, 3.63) is 75.8 Å². The van der Waals surface area contributed by atoms with E-state index in [0.717, 1.165) is 47.8 Å². The van der Waals surface area contributed by atoms with Crippen LogP contribution in [0, 0.1) is 12.7 Å². The van der Waals surface area contributed by atoms with Crippen LogP contribution >= 0.6 is 12.2 Å². The third-order valence-electron chi connectivity index (χ3n) is 5.79. The maximum Gasteiger partial charge on any atom is 0.253 e.